The third kappa shape index (κ3) is 3.20. The van der Waals surface area contributed by atoms with Gasteiger partial charge in [-0.1, -0.05) is 13.8 Å². The van der Waals surface area contributed by atoms with Gasteiger partial charge in [0.25, 0.3) is 0 Å². The summed E-state index contributed by atoms with van der Waals surface area (Å²) >= 11 is 2.41. The fraction of sp³-hybridized carbons (Fsp3) is 0.500. The maximum absolute atomic E-state index is 5.58. The SMILES string of the molecule is CC(C)Cc1nn(-c2ccn[nH]2)c2nc(N3CCOC[C@H]3C)cc(I)c12. The van der Waals surface area contributed by atoms with Crippen LogP contribution in [0.3, 0.4) is 0 Å². The first kappa shape index (κ1) is 17.7. The lowest BCUT2D eigenvalue weighted by atomic mass is 10.1. The van der Waals surface area contributed by atoms with Crippen LogP contribution in [0.1, 0.15) is 26.5 Å². The molecule has 0 aromatic carbocycles. The highest BCUT2D eigenvalue weighted by molar-refractivity contribution is 14.1. The van der Waals surface area contributed by atoms with Gasteiger partial charge < -0.3 is 9.64 Å². The molecular weight excluding hydrogens is 443 g/mol. The smallest absolute Gasteiger partial charge is 0.168 e. The predicted molar refractivity (Wildman–Crippen MR) is 110 cm³/mol. The Kier molecular flexibility index (Phi) is 4.87. The summed E-state index contributed by atoms with van der Waals surface area (Å²) in [5.41, 5.74) is 1.97. The van der Waals surface area contributed by atoms with E-state index in [1.54, 1.807) is 6.20 Å². The number of morpholine rings is 1. The van der Waals surface area contributed by atoms with Gasteiger partial charge in [-0.25, -0.2) is 4.98 Å². The summed E-state index contributed by atoms with van der Waals surface area (Å²) in [6.07, 6.45) is 2.66. The van der Waals surface area contributed by atoms with Gasteiger partial charge in [0.05, 0.1) is 36.5 Å². The van der Waals surface area contributed by atoms with E-state index >= 15 is 0 Å². The lowest BCUT2D eigenvalue weighted by molar-refractivity contribution is 0.0985. The van der Waals surface area contributed by atoms with E-state index in [0.717, 1.165) is 54.5 Å². The number of fused-ring (bicyclic) bond motifs is 1. The molecule has 1 aliphatic rings. The van der Waals surface area contributed by atoms with Crippen LogP contribution < -0.4 is 4.90 Å². The van der Waals surface area contributed by atoms with Crippen molar-refractivity contribution in [3.05, 3.63) is 27.6 Å². The summed E-state index contributed by atoms with van der Waals surface area (Å²) in [6.45, 7) is 8.92. The first-order valence-electron chi connectivity index (χ1n) is 8.97. The quantitative estimate of drug-likeness (QED) is 0.599. The molecule has 8 heteroatoms. The summed E-state index contributed by atoms with van der Waals surface area (Å²) in [4.78, 5) is 7.33. The molecule has 1 saturated heterocycles. The lowest BCUT2D eigenvalue weighted by Crippen LogP contribution is -2.44. The number of nitrogens with zero attached hydrogens (tertiary/aromatic N) is 5. The highest BCUT2D eigenvalue weighted by Crippen LogP contribution is 2.31. The summed E-state index contributed by atoms with van der Waals surface area (Å²) in [6, 6.07) is 4.40. The van der Waals surface area contributed by atoms with Gasteiger partial charge >= 0.3 is 0 Å². The largest absolute Gasteiger partial charge is 0.377 e. The molecule has 0 bridgehead atoms. The van der Waals surface area contributed by atoms with Crippen LogP contribution in [-0.4, -0.2) is 50.8 Å². The number of halogens is 1. The summed E-state index contributed by atoms with van der Waals surface area (Å²) in [5, 5.41) is 13.1. The van der Waals surface area contributed by atoms with Gasteiger partial charge in [-0.05, 0) is 47.9 Å². The number of anilines is 1. The lowest BCUT2D eigenvalue weighted by Gasteiger charge is -2.34. The molecule has 3 aromatic rings. The van der Waals surface area contributed by atoms with Crippen LogP contribution >= 0.6 is 22.6 Å². The Bertz CT molecular complexity index is 904. The zero-order valence-electron chi connectivity index (χ0n) is 15.2. The molecule has 0 amide bonds. The fourth-order valence-electron chi connectivity index (χ4n) is 3.41. The molecule has 0 radical (unpaired) electrons. The van der Waals surface area contributed by atoms with E-state index in [0.29, 0.717) is 12.0 Å². The molecule has 1 atom stereocenters. The topological polar surface area (TPSA) is 71.9 Å². The molecule has 26 heavy (non-hydrogen) atoms. The molecule has 4 heterocycles. The van der Waals surface area contributed by atoms with Crippen LogP contribution in [0.5, 0.6) is 0 Å². The van der Waals surface area contributed by atoms with Gasteiger partial charge in [0.2, 0.25) is 0 Å². The number of rotatable bonds is 4. The minimum absolute atomic E-state index is 0.308. The van der Waals surface area contributed by atoms with Gasteiger partial charge in [-0.15, -0.1) is 0 Å². The molecule has 0 saturated carbocycles. The Hall–Kier alpha value is -1.68. The number of hydrogen-bond acceptors (Lipinski definition) is 5. The molecule has 0 spiro atoms. The Labute approximate surface area is 166 Å². The van der Waals surface area contributed by atoms with E-state index in [4.69, 9.17) is 14.8 Å². The van der Waals surface area contributed by atoms with Crippen LogP contribution in [0, 0.1) is 9.49 Å². The van der Waals surface area contributed by atoms with E-state index < -0.39 is 0 Å². The molecule has 1 aliphatic heterocycles. The zero-order valence-corrected chi connectivity index (χ0v) is 17.4. The molecule has 7 nitrogen and oxygen atoms in total. The van der Waals surface area contributed by atoms with Crippen molar-refractivity contribution in [2.24, 2.45) is 5.92 Å². The second-order valence-corrected chi connectivity index (χ2v) is 8.34. The Morgan fingerprint density at radius 1 is 1.42 bits per heavy atom. The third-order valence-corrected chi connectivity index (χ3v) is 5.48. The maximum atomic E-state index is 5.58. The van der Waals surface area contributed by atoms with E-state index in [-0.39, 0.29) is 0 Å². The molecule has 0 aliphatic carbocycles. The van der Waals surface area contributed by atoms with Crippen molar-refractivity contribution in [3.63, 3.8) is 0 Å². The van der Waals surface area contributed by atoms with Crippen molar-refractivity contribution in [2.45, 2.75) is 33.2 Å². The Balaban J connectivity index is 1.89. The number of pyridine rings is 1. The molecule has 3 aromatic heterocycles. The fourth-order valence-corrected chi connectivity index (χ4v) is 4.24. The third-order valence-electron chi connectivity index (χ3n) is 4.63. The molecule has 1 fully saturated rings. The van der Waals surface area contributed by atoms with E-state index in [2.05, 4.69) is 64.5 Å². The number of aromatic amines is 1. The first-order valence-corrected chi connectivity index (χ1v) is 10.0. The molecule has 1 N–H and O–H groups in total. The van der Waals surface area contributed by atoms with Crippen molar-refractivity contribution in [1.29, 1.82) is 0 Å². The number of aromatic nitrogens is 5. The maximum Gasteiger partial charge on any atom is 0.168 e. The van der Waals surface area contributed by atoms with Gasteiger partial charge in [0.15, 0.2) is 11.5 Å². The van der Waals surface area contributed by atoms with Gasteiger partial charge in [-0.3, -0.25) is 5.10 Å². The average molecular weight is 466 g/mol. The van der Waals surface area contributed by atoms with Gasteiger partial charge in [0, 0.05) is 16.2 Å². The summed E-state index contributed by atoms with van der Waals surface area (Å²) < 4.78 is 8.65. The highest BCUT2D eigenvalue weighted by Gasteiger charge is 2.24. The van der Waals surface area contributed by atoms with Gasteiger partial charge in [-0.2, -0.15) is 14.9 Å². The molecule has 138 valence electrons. The number of hydrogen-bond donors (Lipinski definition) is 1. The second kappa shape index (κ2) is 7.15. The summed E-state index contributed by atoms with van der Waals surface area (Å²) in [7, 11) is 0. The number of ether oxygens (including phenoxy) is 1. The highest BCUT2D eigenvalue weighted by atomic mass is 127. The molecule has 0 unspecified atom stereocenters. The average Bonchev–Trinajstić information content (AvgIpc) is 3.23. The zero-order chi connectivity index (χ0) is 18.3. The molecule has 4 rings (SSSR count). The van der Waals surface area contributed by atoms with Crippen LogP contribution in [0.25, 0.3) is 16.9 Å². The predicted octanol–water partition coefficient (Wildman–Crippen LogP) is 3.17. The monoisotopic (exact) mass is 466 g/mol. The molecular formula is C18H23IN6O. The van der Waals surface area contributed by atoms with Gasteiger partial charge in [0.1, 0.15) is 5.82 Å². The standard InChI is InChI=1S/C18H23IN6O/c1-11(2)8-14-17-13(19)9-16(24-6-7-26-10-12(24)3)21-18(17)25(23-14)15-4-5-20-22-15/h4-5,9,11-12H,6-8,10H2,1-3H3,(H,20,22)/t12-/m1/s1. The Morgan fingerprint density at radius 2 is 2.27 bits per heavy atom. The van der Waals surface area contributed by atoms with E-state index in [9.17, 15) is 0 Å². The number of H-pyrrole nitrogens is 1. The van der Waals surface area contributed by atoms with Crippen LogP contribution in [0.2, 0.25) is 0 Å². The Morgan fingerprint density at radius 3 is 2.96 bits per heavy atom. The normalized spacial score (nSPS) is 18.2. The summed E-state index contributed by atoms with van der Waals surface area (Å²) in [5.74, 6) is 2.34. The van der Waals surface area contributed by atoms with E-state index in [1.807, 2.05) is 10.7 Å². The van der Waals surface area contributed by atoms with Crippen molar-refractivity contribution in [3.8, 4) is 5.82 Å². The minimum atomic E-state index is 0.308. The van der Waals surface area contributed by atoms with Crippen LogP contribution in [-0.2, 0) is 11.2 Å². The van der Waals surface area contributed by atoms with Crippen molar-refractivity contribution in [2.75, 3.05) is 24.7 Å². The van der Waals surface area contributed by atoms with Crippen LogP contribution in [0.4, 0.5) is 5.82 Å². The first-order chi connectivity index (χ1) is 12.5. The second-order valence-electron chi connectivity index (χ2n) is 7.18. The van der Waals surface area contributed by atoms with Crippen molar-refractivity contribution < 1.29 is 4.74 Å². The number of nitrogens with one attached hydrogen (secondary N) is 1. The van der Waals surface area contributed by atoms with Crippen molar-refractivity contribution in [1.82, 2.24) is 25.0 Å². The van der Waals surface area contributed by atoms with Crippen molar-refractivity contribution >= 4 is 39.4 Å². The van der Waals surface area contributed by atoms with Crippen LogP contribution in [0.15, 0.2) is 18.3 Å². The van der Waals surface area contributed by atoms with E-state index in [1.165, 1.54) is 3.57 Å². The minimum Gasteiger partial charge on any atom is -0.377 e.